The second-order valence-electron chi connectivity index (χ2n) is 4.72. The van der Waals surface area contributed by atoms with E-state index in [4.69, 9.17) is 4.74 Å². The first-order valence-corrected chi connectivity index (χ1v) is 6.11. The van der Waals surface area contributed by atoms with Crippen LogP contribution in [0.3, 0.4) is 0 Å². The van der Waals surface area contributed by atoms with Crippen molar-refractivity contribution >= 4 is 11.6 Å². The molecule has 1 saturated carbocycles. The fourth-order valence-electron chi connectivity index (χ4n) is 2.24. The van der Waals surface area contributed by atoms with Gasteiger partial charge in [0.25, 0.3) is 0 Å². The lowest BCUT2D eigenvalue weighted by molar-refractivity contribution is -0.131. The molecule has 1 amide bonds. The van der Waals surface area contributed by atoms with E-state index in [9.17, 15) is 9.90 Å². The van der Waals surface area contributed by atoms with E-state index >= 15 is 0 Å². The highest BCUT2D eigenvalue weighted by molar-refractivity contribution is 5.96. The zero-order chi connectivity index (χ0) is 13.0. The molecule has 1 aliphatic rings. The standard InChI is InChI=1S/C13H18N2O3/c1-18-8-6-13(4-2-5-13)12(17)15-10-3-7-14-9-11(10)16/h3,7,9,16H,2,4-6,8H2,1H3,(H,14,15,17). The molecule has 1 aromatic heterocycles. The fourth-order valence-corrected chi connectivity index (χ4v) is 2.24. The van der Waals surface area contributed by atoms with Crippen LogP contribution in [-0.4, -0.2) is 29.7 Å². The largest absolute Gasteiger partial charge is 0.504 e. The Hall–Kier alpha value is -1.62. The normalized spacial score (nSPS) is 16.9. The van der Waals surface area contributed by atoms with Gasteiger partial charge in [-0.1, -0.05) is 6.42 Å². The van der Waals surface area contributed by atoms with E-state index in [1.54, 1.807) is 13.2 Å². The van der Waals surface area contributed by atoms with E-state index < -0.39 is 0 Å². The van der Waals surface area contributed by atoms with Crippen LogP contribution in [0.25, 0.3) is 0 Å². The molecule has 0 bridgehead atoms. The van der Waals surface area contributed by atoms with Crippen LogP contribution in [0, 0.1) is 5.41 Å². The minimum Gasteiger partial charge on any atom is -0.504 e. The van der Waals surface area contributed by atoms with Crippen LogP contribution in [0.5, 0.6) is 5.75 Å². The topological polar surface area (TPSA) is 71.5 Å². The summed E-state index contributed by atoms with van der Waals surface area (Å²) in [5.41, 5.74) is 0.0878. The molecule has 0 radical (unpaired) electrons. The predicted octanol–water partition coefficient (Wildman–Crippen LogP) is 1.93. The van der Waals surface area contributed by atoms with Gasteiger partial charge < -0.3 is 15.2 Å². The van der Waals surface area contributed by atoms with Gasteiger partial charge in [0.1, 0.15) is 0 Å². The third-order valence-corrected chi connectivity index (χ3v) is 3.63. The zero-order valence-electron chi connectivity index (χ0n) is 10.5. The Balaban J connectivity index is 2.04. The quantitative estimate of drug-likeness (QED) is 0.837. The highest BCUT2D eigenvalue weighted by Crippen LogP contribution is 2.45. The SMILES string of the molecule is COCCC1(C(=O)Nc2ccncc2O)CCC1. The third-order valence-electron chi connectivity index (χ3n) is 3.63. The molecule has 2 rings (SSSR count). The molecule has 0 atom stereocenters. The molecule has 0 aromatic carbocycles. The summed E-state index contributed by atoms with van der Waals surface area (Å²) in [6.07, 6.45) is 6.42. The Morgan fingerprint density at radius 1 is 1.61 bits per heavy atom. The van der Waals surface area contributed by atoms with Crippen molar-refractivity contribution < 1.29 is 14.6 Å². The molecule has 18 heavy (non-hydrogen) atoms. The molecule has 0 aliphatic heterocycles. The number of amides is 1. The first-order valence-electron chi connectivity index (χ1n) is 6.11. The number of hydrogen-bond acceptors (Lipinski definition) is 4. The van der Waals surface area contributed by atoms with Gasteiger partial charge in [-0.3, -0.25) is 9.78 Å². The Bertz CT molecular complexity index is 430. The Labute approximate surface area is 106 Å². The van der Waals surface area contributed by atoms with Crippen molar-refractivity contribution in [3.63, 3.8) is 0 Å². The number of aromatic nitrogens is 1. The zero-order valence-corrected chi connectivity index (χ0v) is 10.5. The number of ether oxygens (including phenoxy) is 1. The van der Waals surface area contributed by atoms with E-state index in [1.807, 2.05) is 0 Å². The van der Waals surface area contributed by atoms with Gasteiger partial charge >= 0.3 is 0 Å². The monoisotopic (exact) mass is 250 g/mol. The van der Waals surface area contributed by atoms with Crippen molar-refractivity contribution in [1.29, 1.82) is 0 Å². The van der Waals surface area contributed by atoms with Gasteiger partial charge in [-0.2, -0.15) is 0 Å². The van der Waals surface area contributed by atoms with E-state index in [1.165, 1.54) is 12.4 Å². The molecule has 5 heteroatoms. The smallest absolute Gasteiger partial charge is 0.230 e. The molecule has 1 heterocycles. The molecule has 98 valence electrons. The molecule has 5 nitrogen and oxygen atoms in total. The van der Waals surface area contributed by atoms with Gasteiger partial charge in [0.15, 0.2) is 5.75 Å². The number of rotatable bonds is 5. The minimum atomic E-state index is -0.328. The van der Waals surface area contributed by atoms with Crippen LogP contribution < -0.4 is 5.32 Å². The number of pyridine rings is 1. The number of carbonyl (C=O) groups is 1. The second-order valence-corrected chi connectivity index (χ2v) is 4.72. The molecule has 1 aromatic rings. The molecule has 0 saturated heterocycles. The molecule has 0 unspecified atom stereocenters. The van der Waals surface area contributed by atoms with Crippen molar-refractivity contribution in [1.82, 2.24) is 4.98 Å². The van der Waals surface area contributed by atoms with Crippen LogP contribution in [0.1, 0.15) is 25.7 Å². The Morgan fingerprint density at radius 3 is 2.94 bits per heavy atom. The van der Waals surface area contributed by atoms with Crippen LogP contribution in [0.15, 0.2) is 18.5 Å². The van der Waals surface area contributed by atoms with E-state index in [2.05, 4.69) is 10.3 Å². The van der Waals surface area contributed by atoms with Crippen molar-refractivity contribution in [2.24, 2.45) is 5.41 Å². The molecule has 1 fully saturated rings. The Kier molecular flexibility index (Phi) is 3.81. The van der Waals surface area contributed by atoms with Gasteiger partial charge in [-0.15, -0.1) is 0 Å². The number of methoxy groups -OCH3 is 1. The minimum absolute atomic E-state index is 0.00735. The van der Waals surface area contributed by atoms with E-state index in [-0.39, 0.29) is 17.1 Å². The summed E-state index contributed by atoms with van der Waals surface area (Å²) in [6, 6.07) is 1.59. The lowest BCUT2D eigenvalue weighted by Gasteiger charge is -2.40. The first kappa shape index (κ1) is 12.8. The lowest BCUT2D eigenvalue weighted by Crippen LogP contribution is -2.42. The number of carbonyl (C=O) groups excluding carboxylic acids is 1. The lowest BCUT2D eigenvalue weighted by atomic mass is 9.66. The molecule has 1 aliphatic carbocycles. The summed E-state index contributed by atoms with van der Waals surface area (Å²) in [6.45, 7) is 0.579. The highest BCUT2D eigenvalue weighted by atomic mass is 16.5. The Morgan fingerprint density at radius 2 is 2.39 bits per heavy atom. The van der Waals surface area contributed by atoms with E-state index in [0.717, 1.165) is 25.7 Å². The van der Waals surface area contributed by atoms with Gasteiger partial charge in [0, 0.05) is 19.9 Å². The maximum absolute atomic E-state index is 12.3. The molecule has 2 N–H and O–H groups in total. The number of nitrogens with zero attached hydrogens (tertiary/aromatic N) is 1. The number of anilines is 1. The number of nitrogens with one attached hydrogen (secondary N) is 1. The summed E-state index contributed by atoms with van der Waals surface area (Å²) in [7, 11) is 1.64. The van der Waals surface area contributed by atoms with Crippen LogP contribution in [-0.2, 0) is 9.53 Å². The van der Waals surface area contributed by atoms with Crippen molar-refractivity contribution in [2.45, 2.75) is 25.7 Å². The number of hydrogen-bond donors (Lipinski definition) is 2. The summed E-state index contributed by atoms with van der Waals surface area (Å²) in [4.78, 5) is 16.1. The first-order chi connectivity index (χ1) is 8.68. The average molecular weight is 250 g/mol. The molecule has 0 spiro atoms. The van der Waals surface area contributed by atoms with Crippen molar-refractivity contribution in [3.8, 4) is 5.75 Å². The highest BCUT2D eigenvalue weighted by Gasteiger charge is 2.43. The van der Waals surface area contributed by atoms with Crippen LogP contribution >= 0.6 is 0 Å². The predicted molar refractivity (Wildman–Crippen MR) is 67.3 cm³/mol. The maximum atomic E-state index is 12.3. The third kappa shape index (κ3) is 2.46. The fraction of sp³-hybridized carbons (Fsp3) is 0.538. The summed E-state index contributed by atoms with van der Waals surface area (Å²) >= 11 is 0. The van der Waals surface area contributed by atoms with E-state index in [0.29, 0.717) is 12.3 Å². The van der Waals surface area contributed by atoms with Gasteiger partial charge in [0.2, 0.25) is 5.91 Å². The van der Waals surface area contributed by atoms with Crippen LogP contribution in [0.4, 0.5) is 5.69 Å². The summed E-state index contributed by atoms with van der Waals surface area (Å²) in [5.74, 6) is -0.0423. The van der Waals surface area contributed by atoms with Gasteiger partial charge in [-0.05, 0) is 25.3 Å². The number of aromatic hydroxyl groups is 1. The maximum Gasteiger partial charge on any atom is 0.230 e. The summed E-state index contributed by atoms with van der Waals surface area (Å²) in [5, 5.41) is 12.4. The molecular weight excluding hydrogens is 232 g/mol. The summed E-state index contributed by atoms with van der Waals surface area (Å²) < 4.78 is 5.06. The van der Waals surface area contributed by atoms with Crippen molar-refractivity contribution in [3.05, 3.63) is 18.5 Å². The second kappa shape index (κ2) is 5.35. The molecular formula is C13H18N2O3. The van der Waals surface area contributed by atoms with Gasteiger partial charge in [-0.25, -0.2) is 0 Å². The average Bonchev–Trinajstić information content (AvgIpc) is 2.31. The van der Waals surface area contributed by atoms with Crippen molar-refractivity contribution in [2.75, 3.05) is 19.0 Å². The van der Waals surface area contributed by atoms with Crippen LogP contribution in [0.2, 0.25) is 0 Å². The van der Waals surface area contributed by atoms with Gasteiger partial charge in [0.05, 0.1) is 17.3 Å².